The first-order valence-corrected chi connectivity index (χ1v) is 2.78. The first kappa shape index (κ1) is 7.97. The Kier molecular flexibility index (Phi) is 1.80. The summed E-state index contributed by atoms with van der Waals surface area (Å²) in [5, 5.41) is 0. The van der Waals surface area contributed by atoms with Gasteiger partial charge in [0.25, 0.3) is 0 Å². The average molecular weight is 161 g/mol. The summed E-state index contributed by atoms with van der Waals surface area (Å²) < 4.78 is 35.5. The maximum atomic E-state index is 11.8. The summed E-state index contributed by atoms with van der Waals surface area (Å²) in [7, 11) is 0. The Morgan fingerprint density at radius 2 is 2.09 bits per heavy atom. The Labute approximate surface area is 61.1 Å². The molecule has 2 nitrogen and oxygen atoms in total. The third-order valence-electron chi connectivity index (χ3n) is 0.987. The van der Waals surface area contributed by atoms with E-state index in [0.717, 1.165) is 6.20 Å². The van der Waals surface area contributed by atoms with E-state index in [1.165, 1.54) is 6.92 Å². The van der Waals surface area contributed by atoms with E-state index in [1.54, 1.807) is 0 Å². The summed E-state index contributed by atoms with van der Waals surface area (Å²) in [6.07, 6.45) is -3.50. The van der Waals surface area contributed by atoms with Gasteiger partial charge in [-0.25, -0.2) is 9.97 Å². The molecular weight excluding hydrogens is 157 g/mol. The number of halogens is 3. The highest BCUT2D eigenvalue weighted by atomic mass is 19.4. The SMILES string of the molecule is Cc1[c]cnc(C(F)(F)F)n1. The van der Waals surface area contributed by atoms with Crippen molar-refractivity contribution in [3.63, 3.8) is 0 Å². The Morgan fingerprint density at radius 3 is 2.45 bits per heavy atom. The fourth-order valence-corrected chi connectivity index (χ4v) is 0.543. The van der Waals surface area contributed by atoms with E-state index >= 15 is 0 Å². The van der Waals surface area contributed by atoms with Gasteiger partial charge in [0, 0.05) is 18.0 Å². The van der Waals surface area contributed by atoms with E-state index in [9.17, 15) is 13.2 Å². The number of nitrogens with zero attached hydrogens (tertiary/aromatic N) is 2. The van der Waals surface area contributed by atoms with Gasteiger partial charge in [-0.15, -0.1) is 0 Å². The average Bonchev–Trinajstić information content (AvgIpc) is 1.86. The Morgan fingerprint density at radius 1 is 1.45 bits per heavy atom. The molecule has 0 spiro atoms. The van der Waals surface area contributed by atoms with Gasteiger partial charge in [-0.2, -0.15) is 13.2 Å². The van der Waals surface area contributed by atoms with Crippen molar-refractivity contribution in [3.05, 3.63) is 23.8 Å². The Bertz CT molecular complexity index is 256. The molecule has 0 unspecified atom stereocenters. The van der Waals surface area contributed by atoms with E-state index in [2.05, 4.69) is 16.0 Å². The lowest BCUT2D eigenvalue weighted by molar-refractivity contribution is -0.145. The minimum absolute atomic E-state index is 0.187. The van der Waals surface area contributed by atoms with Gasteiger partial charge in [0.05, 0.1) is 0 Å². The number of aryl methyl sites for hydroxylation is 1. The van der Waals surface area contributed by atoms with Crippen molar-refractivity contribution in [2.24, 2.45) is 0 Å². The van der Waals surface area contributed by atoms with Gasteiger partial charge in [0.1, 0.15) is 0 Å². The molecule has 0 aliphatic carbocycles. The van der Waals surface area contributed by atoms with Gasteiger partial charge >= 0.3 is 6.18 Å². The third kappa shape index (κ3) is 1.89. The number of alkyl halides is 3. The molecule has 0 fully saturated rings. The second-order valence-corrected chi connectivity index (χ2v) is 1.92. The summed E-state index contributed by atoms with van der Waals surface area (Å²) in [5.74, 6) is -1.12. The van der Waals surface area contributed by atoms with Crippen molar-refractivity contribution in [1.29, 1.82) is 0 Å². The molecule has 11 heavy (non-hydrogen) atoms. The van der Waals surface area contributed by atoms with Crippen LogP contribution in [0.1, 0.15) is 11.5 Å². The van der Waals surface area contributed by atoms with Crippen LogP contribution in [0.4, 0.5) is 13.2 Å². The molecule has 59 valence electrons. The highest BCUT2D eigenvalue weighted by molar-refractivity contribution is 4.99. The molecule has 0 bridgehead atoms. The molecule has 1 aromatic rings. The molecule has 0 N–H and O–H groups in total. The van der Waals surface area contributed by atoms with Crippen molar-refractivity contribution < 1.29 is 13.2 Å². The summed E-state index contributed by atoms with van der Waals surface area (Å²) in [4.78, 5) is 6.17. The minimum atomic E-state index is -4.46. The standard InChI is InChI=1S/C6H4F3N2/c1-4-2-3-10-5(11-4)6(7,8)9/h3H,1H3. The maximum Gasteiger partial charge on any atom is 0.451 e. The fourth-order valence-electron chi connectivity index (χ4n) is 0.543. The molecule has 0 aliphatic heterocycles. The molecule has 0 atom stereocenters. The molecule has 0 saturated heterocycles. The van der Waals surface area contributed by atoms with Gasteiger partial charge in [-0.05, 0) is 6.92 Å². The first-order chi connectivity index (χ1) is 5.00. The van der Waals surface area contributed by atoms with E-state index in [4.69, 9.17) is 0 Å². The fraction of sp³-hybridized carbons (Fsp3) is 0.333. The molecule has 0 saturated carbocycles. The normalized spacial score (nSPS) is 11.6. The van der Waals surface area contributed by atoms with Crippen molar-refractivity contribution in [3.8, 4) is 0 Å². The third-order valence-corrected chi connectivity index (χ3v) is 0.987. The van der Waals surface area contributed by atoms with Crippen LogP contribution in [0.15, 0.2) is 6.20 Å². The summed E-state index contributed by atoms with van der Waals surface area (Å²) >= 11 is 0. The smallest absolute Gasteiger partial charge is 0.232 e. The van der Waals surface area contributed by atoms with Crippen LogP contribution < -0.4 is 0 Å². The van der Waals surface area contributed by atoms with Gasteiger partial charge in [0.15, 0.2) is 0 Å². The van der Waals surface area contributed by atoms with Gasteiger partial charge in [-0.3, -0.25) is 0 Å². The van der Waals surface area contributed by atoms with E-state index in [0.29, 0.717) is 0 Å². The lowest BCUT2D eigenvalue weighted by atomic mass is 10.4. The van der Waals surface area contributed by atoms with Crippen LogP contribution in [0, 0.1) is 13.0 Å². The molecule has 1 aromatic heterocycles. The number of aromatic nitrogens is 2. The molecule has 1 radical (unpaired) electrons. The Hall–Kier alpha value is -1.13. The van der Waals surface area contributed by atoms with Crippen molar-refractivity contribution >= 4 is 0 Å². The number of hydrogen-bond donors (Lipinski definition) is 0. The van der Waals surface area contributed by atoms with Gasteiger partial charge in [0.2, 0.25) is 5.82 Å². The lowest BCUT2D eigenvalue weighted by Gasteiger charge is -2.02. The van der Waals surface area contributed by atoms with E-state index < -0.39 is 12.0 Å². The molecule has 1 rings (SSSR count). The molecule has 0 aromatic carbocycles. The number of hydrogen-bond acceptors (Lipinski definition) is 2. The van der Waals surface area contributed by atoms with Crippen LogP contribution in [-0.4, -0.2) is 9.97 Å². The van der Waals surface area contributed by atoms with Crippen LogP contribution in [0.25, 0.3) is 0 Å². The van der Waals surface area contributed by atoms with Gasteiger partial charge in [-0.1, -0.05) is 0 Å². The van der Waals surface area contributed by atoms with Gasteiger partial charge < -0.3 is 0 Å². The van der Waals surface area contributed by atoms with E-state index in [1.807, 2.05) is 0 Å². The molecule has 1 heterocycles. The zero-order valence-electron chi connectivity index (χ0n) is 5.61. The van der Waals surface area contributed by atoms with Crippen LogP contribution in [-0.2, 0) is 6.18 Å². The number of rotatable bonds is 0. The second-order valence-electron chi connectivity index (χ2n) is 1.92. The van der Waals surface area contributed by atoms with Crippen LogP contribution in [0.3, 0.4) is 0 Å². The zero-order chi connectivity index (χ0) is 8.48. The largest absolute Gasteiger partial charge is 0.451 e. The summed E-state index contributed by atoms with van der Waals surface area (Å²) in [6, 6.07) is 2.42. The van der Waals surface area contributed by atoms with E-state index in [-0.39, 0.29) is 5.69 Å². The second kappa shape index (κ2) is 2.48. The predicted octanol–water partition coefficient (Wildman–Crippen LogP) is 1.60. The molecule has 5 heteroatoms. The minimum Gasteiger partial charge on any atom is -0.232 e. The highest BCUT2D eigenvalue weighted by Gasteiger charge is 2.34. The molecular formula is C6H4F3N2. The van der Waals surface area contributed by atoms with Crippen molar-refractivity contribution in [1.82, 2.24) is 9.97 Å². The van der Waals surface area contributed by atoms with Crippen LogP contribution in [0.2, 0.25) is 0 Å². The topological polar surface area (TPSA) is 25.8 Å². The quantitative estimate of drug-likeness (QED) is 0.577. The Balaban J connectivity index is 3.06. The highest BCUT2D eigenvalue weighted by Crippen LogP contribution is 2.25. The van der Waals surface area contributed by atoms with Crippen molar-refractivity contribution in [2.45, 2.75) is 13.1 Å². The maximum absolute atomic E-state index is 11.8. The monoisotopic (exact) mass is 161 g/mol. The molecule has 0 amide bonds. The molecule has 0 aliphatic rings. The lowest BCUT2D eigenvalue weighted by Crippen LogP contribution is -2.10. The first-order valence-electron chi connectivity index (χ1n) is 2.78. The van der Waals surface area contributed by atoms with Crippen LogP contribution >= 0.6 is 0 Å². The van der Waals surface area contributed by atoms with Crippen LogP contribution in [0.5, 0.6) is 0 Å². The summed E-state index contributed by atoms with van der Waals surface area (Å²) in [5.41, 5.74) is 0.187. The zero-order valence-corrected chi connectivity index (χ0v) is 5.61. The summed E-state index contributed by atoms with van der Waals surface area (Å²) in [6.45, 7) is 1.43. The predicted molar refractivity (Wildman–Crippen MR) is 30.6 cm³/mol. The van der Waals surface area contributed by atoms with Crippen molar-refractivity contribution in [2.75, 3.05) is 0 Å².